The number of carbonyl (C=O) groups excluding carboxylic acids is 1. The molecule has 1 fully saturated rings. The highest BCUT2D eigenvalue weighted by molar-refractivity contribution is 5.98. The van der Waals surface area contributed by atoms with E-state index >= 15 is 0 Å². The summed E-state index contributed by atoms with van der Waals surface area (Å²) >= 11 is 0. The molecule has 7 heteroatoms. The maximum atomic E-state index is 12.2. The number of aromatic nitrogens is 2. The van der Waals surface area contributed by atoms with Crippen LogP contribution in [-0.4, -0.2) is 59.6 Å². The van der Waals surface area contributed by atoms with Crippen molar-refractivity contribution in [3.8, 4) is 5.88 Å². The Bertz CT molecular complexity index is 893. The topological polar surface area (TPSA) is 70.6 Å². The van der Waals surface area contributed by atoms with Crippen LogP contribution in [0.4, 0.5) is 5.82 Å². The fourth-order valence-corrected chi connectivity index (χ4v) is 4.28. The quantitative estimate of drug-likeness (QED) is 0.819. The predicted octanol–water partition coefficient (Wildman–Crippen LogP) is 2.65. The summed E-state index contributed by atoms with van der Waals surface area (Å²) in [5.74, 6) is 1.34. The molecular weight excluding hydrogens is 378 g/mol. The minimum atomic E-state index is -0.116. The molecule has 0 unspecified atom stereocenters. The number of amides is 1. The zero-order valence-corrected chi connectivity index (χ0v) is 18.1. The van der Waals surface area contributed by atoms with E-state index in [1.54, 1.807) is 19.3 Å². The number of fused-ring (bicyclic) bond motifs is 1. The lowest BCUT2D eigenvalue weighted by atomic mass is 10.0. The van der Waals surface area contributed by atoms with Crippen molar-refractivity contribution in [3.05, 3.63) is 47.3 Å². The standard InChI is InChI=1S/C23H31N5O2/c1-16(2)27-12-8-18(9-13-27)30-21-7-6-17-15-28(14-10-20(17)26-21)22-19(23(29)24-3)5-4-11-25-22/h4-7,11,16,18H,8-10,12-15H2,1-3H3,(H,24,29). The van der Waals surface area contributed by atoms with Crippen molar-refractivity contribution in [2.24, 2.45) is 0 Å². The molecule has 2 aromatic heterocycles. The third kappa shape index (κ3) is 4.41. The Labute approximate surface area is 178 Å². The molecule has 0 spiro atoms. The highest BCUT2D eigenvalue weighted by Crippen LogP contribution is 2.27. The Kier molecular flexibility index (Phi) is 6.18. The second-order valence-corrected chi connectivity index (χ2v) is 8.33. The van der Waals surface area contributed by atoms with Crippen LogP contribution >= 0.6 is 0 Å². The van der Waals surface area contributed by atoms with Crippen LogP contribution in [0.15, 0.2) is 30.5 Å². The van der Waals surface area contributed by atoms with Crippen molar-refractivity contribution in [2.45, 2.75) is 51.8 Å². The van der Waals surface area contributed by atoms with Gasteiger partial charge < -0.3 is 19.9 Å². The fraction of sp³-hybridized carbons (Fsp3) is 0.522. The summed E-state index contributed by atoms with van der Waals surface area (Å²) < 4.78 is 6.21. The van der Waals surface area contributed by atoms with Gasteiger partial charge in [0, 0.05) is 58.0 Å². The number of rotatable bonds is 5. The first-order valence-electron chi connectivity index (χ1n) is 10.9. The maximum Gasteiger partial charge on any atom is 0.254 e. The van der Waals surface area contributed by atoms with Gasteiger partial charge >= 0.3 is 0 Å². The smallest absolute Gasteiger partial charge is 0.254 e. The highest BCUT2D eigenvalue weighted by Gasteiger charge is 2.25. The number of likely N-dealkylation sites (tertiary alicyclic amines) is 1. The lowest BCUT2D eigenvalue weighted by Crippen LogP contribution is -2.41. The van der Waals surface area contributed by atoms with E-state index in [2.05, 4.69) is 40.0 Å². The van der Waals surface area contributed by atoms with Gasteiger partial charge in [0.1, 0.15) is 11.9 Å². The summed E-state index contributed by atoms with van der Waals surface area (Å²) in [5, 5.41) is 2.70. The highest BCUT2D eigenvalue weighted by atomic mass is 16.5. The molecule has 160 valence electrons. The number of hydrogen-bond donors (Lipinski definition) is 1. The first kappa shape index (κ1) is 20.6. The Hall–Kier alpha value is -2.67. The summed E-state index contributed by atoms with van der Waals surface area (Å²) in [5.41, 5.74) is 2.85. The monoisotopic (exact) mass is 409 g/mol. The lowest BCUT2D eigenvalue weighted by Gasteiger charge is -2.34. The van der Waals surface area contributed by atoms with E-state index < -0.39 is 0 Å². The summed E-state index contributed by atoms with van der Waals surface area (Å²) in [7, 11) is 1.64. The van der Waals surface area contributed by atoms with Crippen LogP contribution in [0.1, 0.15) is 48.3 Å². The minimum Gasteiger partial charge on any atom is -0.474 e. The van der Waals surface area contributed by atoms with Gasteiger partial charge in [-0.2, -0.15) is 0 Å². The Morgan fingerprint density at radius 3 is 2.73 bits per heavy atom. The molecule has 0 aliphatic carbocycles. The zero-order valence-electron chi connectivity index (χ0n) is 18.1. The van der Waals surface area contributed by atoms with Gasteiger partial charge in [0.25, 0.3) is 5.91 Å². The molecule has 7 nitrogen and oxygen atoms in total. The second-order valence-electron chi connectivity index (χ2n) is 8.33. The molecule has 4 heterocycles. The van der Waals surface area contributed by atoms with Crippen molar-refractivity contribution in [1.29, 1.82) is 0 Å². The number of pyridine rings is 2. The maximum absolute atomic E-state index is 12.2. The largest absolute Gasteiger partial charge is 0.474 e. The van der Waals surface area contributed by atoms with E-state index in [0.29, 0.717) is 18.2 Å². The Balaban J connectivity index is 1.43. The molecule has 2 aliphatic rings. The van der Waals surface area contributed by atoms with Crippen LogP contribution in [0.5, 0.6) is 5.88 Å². The van der Waals surface area contributed by atoms with Gasteiger partial charge in [-0.25, -0.2) is 9.97 Å². The van der Waals surface area contributed by atoms with E-state index in [1.165, 1.54) is 0 Å². The molecule has 0 saturated carbocycles. The summed E-state index contributed by atoms with van der Waals surface area (Å²) in [6.45, 7) is 8.13. The van der Waals surface area contributed by atoms with Crippen molar-refractivity contribution >= 4 is 11.7 Å². The fourth-order valence-electron chi connectivity index (χ4n) is 4.28. The van der Waals surface area contributed by atoms with Gasteiger partial charge in [0.05, 0.1) is 11.3 Å². The van der Waals surface area contributed by atoms with Crippen LogP contribution in [0.25, 0.3) is 0 Å². The Morgan fingerprint density at radius 2 is 2.00 bits per heavy atom. The average molecular weight is 410 g/mol. The van der Waals surface area contributed by atoms with Gasteiger partial charge in [-0.3, -0.25) is 4.79 Å². The minimum absolute atomic E-state index is 0.116. The van der Waals surface area contributed by atoms with Gasteiger partial charge in [-0.1, -0.05) is 6.07 Å². The van der Waals surface area contributed by atoms with E-state index in [0.717, 1.165) is 61.9 Å². The number of nitrogens with one attached hydrogen (secondary N) is 1. The molecule has 0 bridgehead atoms. The normalized spacial score (nSPS) is 17.7. The lowest BCUT2D eigenvalue weighted by molar-refractivity contribution is 0.0811. The van der Waals surface area contributed by atoms with Crippen LogP contribution in [0.2, 0.25) is 0 Å². The first-order valence-corrected chi connectivity index (χ1v) is 10.9. The van der Waals surface area contributed by atoms with Gasteiger partial charge in [-0.05, 0) is 44.4 Å². The molecule has 0 atom stereocenters. The molecule has 0 aromatic carbocycles. The number of ether oxygens (including phenoxy) is 1. The van der Waals surface area contributed by atoms with Crippen molar-refractivity contribution in [2.75, 3.05) is 31.6 Å². The van der Waals surface area contributed by atoms with Crippen LogP contribution in [-0.2, 0) is 13.0 Å². The SMILES string of the molecule is CNC(=O)c1cccnc1N1CCc2nc(OC3CCN(C(C)C)CC3)ccc2C1. The van der Waals surface area contributed by atoms with Crippen molar-refractivity contribution in [1.82, 2.24) is 20.2 Å². The van der Waals surface area contributed by atoms with Crippen molar-refractivity contribution in [3.63, 3.8) is 0 Å². The Morgan fingerprint density at radius 1 is 1.20 bits per heavy atom. The number of anilines is 1. The molecule has 1 amide bonds. The van der Waals surface area contributed by atoms with E-state index in [9.17, 15) is 4.79 Å². The van der Waals surface area contributed by atoms with Crippen LogP contribution in [0, 0.1) is 0 Å². The molecular formula is C23H31N5O2. The first-order chi connectivity index (χ1) is 14.5. The van der Waals surface area contributed by atoms with Crippen LogP contribution in [0.3, 0.4) is 0 Å². The van der Waals surface area contributed by atoms with E-state index in [-0.39, 0.29) is 12.0 Å². The summed E-state index contributed by atoms with van der Waals surface area (Å²) in [4.78, 5) is 26.1. The average Bonchev–Trinajstić information content (AvgIpc) is 2.78. The molecule has 2 aliphatic heterocycles. The van der Waals surface area contributed by atoms with Gasteiger partial charge in [0.2, 0.25) is 5.88 Å². The van der Waals surface area contributed by atoms with E-state index in [4.69, 9.17) is 9.72 Å². The summed E-state index contributed by atoms with van der Waals surface area (Å²) in [6, 6.07) is 8.29. The molecule has 2 aromatic rings. The molecule has 1 N–H and O–H groups in total. The second kappa shape index (κ2) is 9.00. The molecule has 0 radical (unpaired) electrons. The molecule has 4 rings (SSSR count). The number of carbonyl (C=O) groups is 1. The summed E-state index contributed by atoms with van der Waals surface area (Å²) in [6.07, 6.45) is 4.88. The zero-order chi connectivity index (χ0) is 21.1. The third-order valence-corrected chi connectivity index (χ3v) is 6.07. The number of nitrogens with zero attached hydrogens (tertiary/aromatic N) is 4. The van der Waals surface area contributed by atoms with Gasteiger partial charge in [-0.15, -0.1) is 0 Å². The van der Waals surface area contributed by atoms with E-state index in [1.807, 2.05) is 12.1 Å². The van der Waals surface area contributed by atoms with Crippen LogP contribution < -0.4 is 15.0 Å². The molecule has 1 saturated heterocycles. The third-order valence-electron chi connectivity index (χ3n) is 6.07. The number of piperidine rings is 1. The predicted molar refractivity (Wildman–Crippen MR) is 117 cm³/mol. The molecule has 30 heavy (non-hydrogen) atoms. The number of hydrogen-bond acceptors (Lipinski definition) is 6. The van der Waals surface area contributed by atoms with Crippen molar-refractivity contribution < 1.29 is 9.53 Å². The van der Waals surface area contributed by atoms with Gasteiger partial charge in [0.15, 0.2) is 0 Å².